The Labute approximate surface area is 245 Å². The zero-order chi connectivity index (χ0) is 29.2. The van der Waals surface area contributed by atoms with Gasteiger partial charge in [-0.05, 0) is 57.6 Å². The molecule has 1 spiro atoms. The monoisotopic (exact) mass is 579 g/mol. The highest BCUT2D eigenvalue weighted by atomic mass is 19.3. The first-order valence-electron chi connectivity index (χ1n) is 15.3. The van der Waals surface area contributed by atoms with Gasteiger partial charge in [-0.25, -0.2) is 13.8 Å². The second-order valence-electron chi connectivity index (χ2n) is 12.4. The highest BCUT2D eigenvalue weighted by molar-refractivity contribution is 5.87. The number of nitrogens with zero attached hydrogens (tertiary/aromatic N) is 7. The number of alkyl halides is 2. The van der Waals surface area contributed by atoms with Crippen LogP contribution in [0.2, 0.25) is 0 Å². The molecule has 3 fully saturated rings. The molecule has 5 aliphatic rings. The number of aromatic nitrogens is 3. The first kappa shape index (κ1) is 27.6. The van der Waals surface area contributed by atoms with Crippen LogP contribution >= 0.6 is 0 Å². The second-order valence-corrected chi connectivity index (χ2v) is 12.4. The molecule has 9 nitrogen and oxygen atoms in total. The maximum atomic E-state index is 14.5. The number of piperazine rings is 1. The second kappa shape index (κ2) is 10.5. The van der Waals surface area contributed by atoms with Gasteiger partial charge >= 0.3 is 0 Å². The number of carbonyl (C=O) groups excluding carboxylic acids is 1. The summed E-state index contributed by atoms with van der Waals surface area (Å²) in [4.78, 5) is 25.5. The molecule has 3 atom stereocenters. The molecule has 2 aromatic rings. The zero-order valence-electron chi connectivity index (χ0n) is 24.4. The van der Waals surface area contributed by atoms with Crippen molar-refractivity contribution in [2.75, 3.05) is 55.6 Å². The van der Waals surface area contributed by atoms with Crippen molar-refractivity contribution in [1.29, 1.82) is 0 Å². The topological polar surface area (TPSA) is 77.9 Å². The maximum absolute atomic E-state index is 14.5. The van der Waals surface area contributed by atoms with Crippen LogP contribution in [0.4, 0.5) is 20.3 Å². The number of halogens is 2. The van der Waals surface area contributed by atoms with Crippen molar-refractivity contribution in [3.05, 3.63) is 53.0 Å². The molecule has 0 aromatic carbocycles. The molecule has 2 aromatic heterocycles. The molecule has 0 bridgehead atoms. The summed E-state index contributed by atoms with van der Waals surface area (Å²) < 4.78 is 35.5. The van der Waals surface area contributed by atoms with Gasteiger partial charge in [-0.15, -0.1) is 0 Å². The molecule has 42 heavy (non-hydrogen) atoms. The van der Waals surface area contributed by atoms with E-state index in [0.717, 1.165) is 67.8 Å². The van der Waals surface area contributed by atoms with Crippen LogP contribution in [-0.4, -0.2) is 88.8 Å². The van der Waals surface area contributed by atoms with Gasteiger partial charge in [0.15, 0.2) is 0 Å². The van der Waals surface area contributed by atoms with Crippen molar-refractivity contribution < 1.29 is 18.3 Å². The van der Waals surface area contributed by atoms with Gasteiger partial charge in [0.1, 0.15) is 17.6 Å². The lowest BCUT2D eigenvalue weighted by Crippen LogP contribution is -2.69. The van der Waals surface area contributed by atoms with Gasteiger partial charge in [0.05, 0.1) is 17.5 Å². The van der Waals surface area contributed by atoms with E-state index >= 15 is 0 Å². The van der Waals surface area contributed by atoms with Crippen molar-refractivity contribution in [2.24, 2.45) is 0 Å². The van der Waals surface area contributed by atoms with E-state index in [0.29, 0.717) is 50.0 Å². The third kappa shape index (κ3) is 4.38. The molecule has 7 heterocycles. The van der Waals surface area contributed by atoms with Crippen LogP contribution < -0.4 is 9.80 Å². The van der Waals surface area contributed by atoms with Gasteiger partial charge in [0.2, 0.25) is 5.91 Å². The summed E-state index contributed by atoms with van der Waals surface area (Å²) in [5.41, 5.74) is 4.31. The Bertz CT molecular complexity index is 1390. The van der Waals surface area contributed by atoms with Gasteiger partial charge in [0, 0.05) is 80.8 Å². The minimum absolute atomic E-state index is 0.0153. The average Bonchev–Trinajstić information content (AvgIpc) is 3.17. The molecule has 2 unspecified atom stereocenters. The van der Waals surface area contributed by atoms with E-state index in [9.17, 15) is 13.6 Å². The molecule has 1 amide bonds. The molecule has 5 aliphatic heterocycles. The van der Waals surface area contributed by atoms with E-state index in [1.165, 1.54) is 6.08 Å². The summed E-state index contributed by atoms with van der Waals surface area (Å²) in [6, 6.07) is 2.72. The Kier molecular flexibility index (Phi) is 6.92. The number of pyridine rings is 1. The minimum atomic E-state index is -2.62. The van der Waals surface area contributed by atoms with E-state index in [1.54, 1.807) is 6.20 Å². The Morgan fingerprint density at radius 3 is 2.64 bits per heavy atom. The number of amides is 1. The molecular formula is C31H39F2N7O2. The molecule has 224 valence electrons. The fourth-order valence-corrected chi connectivity index (χ4v) is 8.11. The Hall–Kier alpha value is -3.18. The van der Waals surface area contributed by atoms with Crippen LogP contribution in [-0.2, 0) is 21.6 Å². The van der Waals surface area contributed by atoms with Crippen LogP contribution in [0, 0.1) is 6.92 Å². The summed E-state index contributed by atoms with van der Waals surface area (Å²) >= 11 is 0. The lowest BCUT2D eigenvalue weighted by Gasteiger charge is -2.55. The van der Waals surface area contributed by atoms with Gasteiger partial charge in [0.25, 0.3) is 6.43 Å². The predicted molar refractivity (Wildman–Crippen MR) is 155 cm³/mol. The largest absolute Gasteiger partial charge is 0.365 e. The third-order valence-corrected chi connectivity index (χ3v) is 10.3. The smallest absolute Gasteiger partial charge is 0.280 e. The normalized spacial score (nSPS) is 26.9. The quantitative estimate of drug-likeness (QED) is 0.505. The molecule has 0 radical (unpaired) electrons. The molecule has 11 heteroatoms. The van der Waals surface area contributed by atoms with E-state index < -0.39 is 12.0 Å². The summed E-state index contributed by atoms with van der Waals surface area (Å²) in [5, 5.41) is 8.52. The number of fused-ring (bicyclic) bond motifs is 5. The van der Waals surface area contributed by atoms with E-state index in [1.807, 2.05) is 11.8 Å². The number of hydrogen-bond acceptors (Lipinski definition) is 8. The molecule has 0 saturated carbocycles. The Morgan fingerprint density at radius 1 is 1.17 bits per heavy atom. The zero-order valence-corrected chi connectivity index (χ0v) is 24.4. The van der Waals surface area contributed by atoms with Crippen LogP contribution in [0.3, 0.4) is 0 Å². The highest BCUT2D eigenvalue weighted by Gasteiger charge is 2.49. The van der Waals surface area contributed by atoms with Crippen LogP contribution in [0.15, 0.2) is 24.9 Å². The molecule has 0 N–H and O–H groups in total. The van der Waals surface area contributed by atoms with Crippen molar-refractivity contribution in [2.45, 2.75) is 76.2 Å². The number of aryl methyl sites for hydroxylation is 1. The van der Waals surface area contributed by atoms with Gasteiger partial charge in [-0.1, -0.05) is 6.58 Å². The van der Waals surface area contributed by atoms with E-state index in [-0.39, 0.29) is 23.7 Å². The van der Waals surface area contributed by atoms with Crippen LogP contribution in [0.5, 0.6) is 0 Å². The summed E-state index contributed by atoms with van der Waals surface area (Å²) in [6.45, 7) is 12.9. The number of piperidine rings is 1. The average molecular weight is 580 g/mol. The highest BCUT2D eigenvalue weighted by Crippen LogP contribution is 2.50. The van der Waals surface area contributed by atoms with Gasteiger partial charge < -0.3 is 19.4 Å². The fraction of sp³-hybridized carbons (Fsp3) is 0.613. The van der Waals surface area contributed by atoms with Gasteiger partial charge in [-0.3, -0.25) is 9.69 Å². The molecular weight excluding hydrogens is 540 g/mol. The van der Waals surface area contributed by atoms with Crippen LogP contribution in [0.1, 0.15) is 73.2 Å². The Morgan fingerprint density at radius 2 is 1.93 bits per heavy atom. The Balaban J connectivity index is 1.11. The molecule has 0 aliphatic carbocycles. The summed E-state index contributed by atoms with van der Waals surface area (Å²) in [7, 11) is 0. The molecule has 7 rings (SSSR count). The number of ether oxygens (including phenoxy) is 1. The maximum Gasteiger partial charge on any atom is 0.280 e. The van der Waals surface area contributed by atoms with E-state index in [4.69, 9.17) is 4.74 Å². The van der Waals surface area contributed by atoms with Crippen molar-refractivity contribution in [3.63, 3.8) is 0 Å². The van der Waals surface area contributed by atoms with Crippen LogP contribution in [0.25, 0.3) is 0 Å². The number of hydrogen-bond donors (Lipinski definition) is 0. The standard InChI is InChI=1S/C31H39F2N7O2/c1-4-26(41)39-14-12-37(13-15-39)24-18-40-22(24)7-5-6-21-23(40)16-25(35-29(21)30(32)33)38-10-8-31(9-11-38)27-19(2)17-34-36-28(27)20(3)42-31/h4,16-17,20,22,24,30H,1,5-15,18H2,2-3H3/t20-,22?,24?/m0/s1. The summed E-state index contributed by atoms with van der Waals surface area (Å²) in [6.07, 6.45) is 4.39. The number of rotatable bonds is 4. The third-order valence-electron chi connectivity index (χ3n) is 10.3. The predicted octanol–water partition coefficient (Wildman–Crippen LogP) is 3.93. The first-order chi connectivity index (χ1) is 20.3. The number of anilines is 2. The lowest BCUT2D eigenvalue weighted by atomic mass is 9.83. The fourth-order valence-electron chi connectivity index (χ4n) is 8.11. The van der Waals surface area contributed by atoms with Crippen molar-refractivity contribution in [3.8, 4) is 0 Å². The van der Waals surface area contributed by atoms with Gasteiger partial charge in [-0.2, -0.15) is 10.2 Å². The van der Waals surface area contributed by atoms with Crippen molar-refractivity contribution >= 4 is 17.4 Å². The molecule has 3 saturated heterocycles. The van der Waals surface area contributed by atoms with E-state index in [2.05, 4.69) is 49.5 Å². The first-order valence-corrected chi connectivity index (χ1v) is 15.3. The SMILES string of the molecule is C=CC(=O)N1CCN(C2CN3c4cc(N5CCC6(CC5)O[C@@H](C)c5nncc(C)c56)nc(C(F)F)c4CCCC23)CC1. The lowest BCUT2D eigenvalue weighted by molar-refractivity contribution is -0.128. The minimum Gasteiger partial charge on any atom is -0.365 e. The number of carbonyl (C=O) groups is 1. The van der Waals surface area contributed by atoms with Crippen molar-refractivity contribution in [1.82, 2.24) is 25.0 Å². The summed E-state index contributed by atoms with van der Waals surface area (Å²) in [5.74, 6) is 0.619.